The Kier molecular flexibility index (Phi) is 2.96. The Bertz CT molecular complexity index is 735. The summed E-state index contributed by atoms with van der Waals surface area (Å²) < 4.78 is 1.70. The average molecular weight is 266 g/mol. The van der Waals surface area contributed by atoms with Crippen LogP contribution in [0.5, 0.6) is 0 Å². The van der Waals surface area contributed by atoms with E-state index in [9.17, 15) is 10.1 Å². The summed E-state index contributed by atoms with van der Waals surface area (Å²) in [5.41, 5.74) is 1.72. The Balaban J connectivity index is 2.04. The van der Waals surface area contributed by atoms with Crippen LogP contribution in [0.1, 0.15) is 0 Å². The molecule has 6 heteroatoms. The van der Waals surface area contributed by atoms with Crippen LogP contribution in [0.25, 0.3) is 17.1 Å². The molecule has 98 valence electrons. The summed E-state index contributed by atoms with van der Waals surface area (Å²) in [5.74, 6) is 0.645. The van der Waals surface area contributed by atoms with E-state index in [-0.39, 0.29) is 5.69 Å². The lowest BCUT2D eigenvalue weighted by atomic mass is 10.2. The monoisotopic (exact) mass is 266 g/mol. The van der Waals surface area contributed by atoms with E-state index in [0.29, 0.717) is 5.82 Å². The second kappa shape index (κ2) is 4.93. The predicted octanol–water partition coefficient (Wildman–Crippen LogP) is 2.84. The molecular weight excluding hydrogens is 256 g/mol. The molecule has 0 spiro atoms. The molecule has 0 aliphatic heterocycles. The van der Waals surface area contributed by atoms with Crippen LogP contribution in [-0.2, 0) is 0 Å². The van der Waals surface area contributed by atoms with Crippen molar-refractivity contribution in [2.24, 2.45) is 0 Å². The van der Waals surface area contributed by atoms with Gasteiger partial charge in [0.05, 0.1) is 10.6 Å². The minimum Gasteiger partial charge on any atom is -0.258 e. The first kappa shape index (κ1) is 12.0. The second-order valence-corrected chi connectivity index (χ2v) is 4.13. The van der Waals surface area contributed by atoms with Crippen molar-refractivity contribution < 1.29 is 4.92 Å². The largest absolute Gasteiger partial charge is 0.269 e. The van der Waals surface area contributed by atoms with Crippen LogP contribution >= 0.6 is 0 Å². The number of para-hydroxylation sites is 1. The van der Waals surface area contributed by atoms with E-state index in [2.05, 4.69) is 10.1 Å². The molecule has 20 heavy (non-hydrogen) atoms. The zero-order chi connectivity index (χ0) is 13.9. The first-order chi connectivity index (χ1) is 9.75. The Labute approximate surface area is 114 Å². The van der Waals surface area contributed by atoms with Crippen molar-refractivity contribution >= 4 is 5.69 Å². The molecule has 0 bridgehead atoms. The molecule has 0 unspecified atom stereocenters. The molecule has 3 rings (SSSR count). The lowest BCUT2D eigenvalue weighted by Gasteiger charge is -2.05. The van der Waals surface area contributed by atoms with Gasteiger partial charge in [-0.3, -0.25) is 10.1 Å². The lowest BCUT2D eigenvalue weighted by molar-refractivity contribution is -0.384. The summed E-state index contributed by atoms with van der Waals surface area (Å²) in [6, 6.07) is 15.8. The topological polar surface area (TPSA) is 73.8 Å². The number of non-ortho nitro benzene ring substituents is 1. The minimum atomic E-state index is -0.425. The van der Waals surface area contributed by atoms with Gasteiger partial charge in [-0.05, 0) is 24.3 Å². The normalized spacial score (nSPS) is 10.4. The third-order valence-electron chi connectivity index (χ3n) is 2.88. The highest BCUT2D eigenvalue weighted by atomic mass is 16.6. The Morgan fingerprint density at radius 3 is 2.35 bits per heavy atom. The lowest BCUT2D eigenvalue weighted by Crippen LogP contribution is -1.99. The van der Waals surface area contributed by atoms with E-state index in [1.165, 1.54) is 18.5 Å². The number of nitro groups is 1. The van der Waals surface area contributed by atoms with Gasteiger partial charge < -0.3 is 0 Å². The Morgan fingerprint density at radius 1 is 1.00 bits per heavy atom. The maximum Gasteiger partial charge on any atom is 0.269 e. The van der Waals surface area contributed by atoms with Gasteiger partial charge in [-0.15, -0.1) is 0 Å². The third-order valence-corrected chi connectivity index (χ3v) is 2.88. The average Bonchev–Trinajstić information content (AvgIpc) is 2.97. The summed E-state index contributed by atoms with van der Waals surface area (Å²) in [5, 5.41) is 14.9. The number of rotatable bonds is 3. The van der Waals surface area contributed by atoms with Gasteiger partial charge in [-0.2, -0.15) is 5.10 Å². The van der Waals surface area contributed by atoms with Crippen molar-refractivity contribution in [1.82, 2.24) is 14.8 Å². The second-order valence-electron chi connectivity index (χ2n) is 4.13. The standard InChI is InChI=1S/C14H10N4O2/c19-18(20)13-8-6-11(7-9-13)14-15-10-16-17(14)12-4-2-1-3-5-12/h1-10H. The molecule has 0 aliphatic rings. The van der Waals surface area contributed by atoms with Crippen LogP contribution in [0, 0.1) is 10.1 Å². The van der Waals surface area contributed by atoms with E-state index in [4.69, 9.17) is 0 Å². The van der Waals surface area contributed by atoms with Crippen LogP contribution < -0.4 is 0 Å². The van der Waals surface area contributed by atoms with Gasteiger partial charge in [0.15, 0.2) is 5.82 Å². The van der Waals surface area contributed by atoms with Gasteiger partial charge in [0, 0.05) is 17.7 Å². The van der Waals surface area contributed by atoms with Crippen molar-refractivity contribution in [2.45, 2.75) is 0 Å². The molecular formula is C14H10N4O2. The van der Waals surface area contributed by atoms with Crippen molar-refractivity contribution in [3.63, 3.8) is 0 Å². The fourth-order valence-electron chi connectivity index (χ4n) is 1.93. The number of hydrogen-bond acceptors (Lipinski definition) is 4. The van der Waals surface area contributed by atoms with Crippen molar-refractivity contribution in [2.75, 3.05) is 0 Å². The van der Waals surface area contributed by atoms with Crippen molar-refractivity contribution in [3.8, 4) is 17.1 Å². The van der Waals surface area contributed by atoms with E-state index in [1.807, 2.05) is 30.3 Å². The molecule has 0 saturated carbocycles. The molecule has 0 saturated heterocycles. The summed E-state index contributed by atoms with van der Waals surface area (Å²) in [6.45, 7) is 0. The quantitative estimate of drug-likeness (QED) is 0.539. The number of hydrogen-bond donors (Lipinski definition) is 0. The van der Waals surface area contributed by atoms with E-state index >= 15 is 0 Å². The first-order valence-corrected chi connectivity index (χ1v) is 5.96. The summed E-state index contributed by atoms with van der Waals surface area (Å²) in [7, 11) is 0. The molecule has 6 nitrogen and oxygen atoms in total. The highest BCUT2D eigenvalue weighted by Gasteiger charge is 2.11. The van der Waals surface area contributed by atoms with Gasteiger partial charge in [-0.1, -0.05) is 18.2 Å². The molecule has 2 aromatic carbocycles. The maximum absolute atomic E-state index is 10.7. The van der Waals surface area contributed by atoms with E-state index < -0.39 is 4.92 Å². The van der Waals surface area contributed by atoms with E-state index in [1.54, 1.807) is 16.8 Å². The van der Waals surface area contributed by atoms with Crippen molar-refractivity contribution in [3.05, 3.63) is 71.0 Å². The molecule has 1 aromatic heterocycles. The Morgan fingerprint density at radius 2 is 1.70 bits per heavy atom. The van der Waals surface area contributed by atoms with Crippen LogP contribution in [0.2, 0.25) is 0 Å². The molecule has 0 amide bonds. The van der Waals surface area contributed by atoms with Gasteiger partial charge in [0.1, 0.15) is 6.33 Å². The van der Waals surface area contributed by atoms with Crippen LogP contribution in [-0.4, -0.2) is 19.7 Å². The fourth-order valence-corrected chi connectivity index (χ4v) is 1.93. The summed E-state index contributed by atoms with van der Waals surface area (Å²) in [6.07, 6.45) is 1.46. The predicted molar refractivity (Wildman–Crippen MR) is 73.4 cm³/mol. The summed E-state index contributed by atoms with van der Waals surface area (Å²) in [4.78, 5) is 14.5. The minimum absolute atomic E-state index is 0.0551. The maximum atomic E-state index is 10.7. The zero-order valence-electron chi connectivity index (χ0n) is 10.4. The number of benzene rings is 2. The molecule has 0 aliphatic carbocycles. The van der Waals surface area contributed by atoms with Crippen LogP contribution in [0.15, 0.2) is 60.9 Å². The highest BCUT2D eigenvalue weighted by Crippen LogP contribution is 2.22. The highest BCUT2D eigenvalue weighted by molar-refractivity contribution is 5.59. The molecule has 1 heterocycles. The zero-order valence-corrected chi connectivity index (χ0v) is 10.4. The SMILES string of the molecule is O=[N+]([O-])c1ccc(-c2ncnn2-c2ccccc2)cc1. The van der Waals surface area contributed by atoms with E-state index in [0.717, 1.165) is 11.3 Å². The van der Waals surface area contributed by atoms with Crippen LogP contribution in [0.3, 0.4) is 0 Å². The Hall–Kier alpha value is -3.02. The molecule has 0 N–H and O–H groups in total. The van der Waals surface area contributed by atoms with Gasteiger partial charge in [0.2, 0.25) is 0 Å². The third kappa shape index (κ3) is 2.14. The number of nitro benzene ring substituents is 1. The molecule has 0 fully saturated rings. The van der Waals surface area contributed by atoms with Crippen LogP contribution in [0.4, 0.5) is 5.69 Å². The number of aromatic nitrogens is 3. The molecule has 3 aromatic rings. The molecule has 0 radical (unpaired) electrons. The molecule has 0 atom stereocenters. The number of nitrogens with zero attached hydrogens (tertiary/aromatic N) is 4. The summed E-state index contributed by atoms with van der Waals surface area (Å²) >= 11 is 0. The van der Waals surface area contributed by atoms with Gasteiger partial charge in [0.25, 0.3) is 5.69 Å². The smallest absolute Gasteiger partial charge is 0.258 e. The fraction of sp³-hybridized carbons (Fsp3) is 0. The van der Waals surface area contributed by atoms with Gasteiger partial charge >= 0.3 is 0 Å². The van der Waals surface area contributed by atoms with Crippen molar-refractivity contribution in [1.29, 1.82) is 0 Å². The first-order valence-electron chi connectivity index (χ1n) is 5.96. The van der Waals surface area contributed by atoms with Gasteiger partial charge in [-0.25, -0.2) is 9.67 Å².